The Balaban J connectivity index is 1.69. The summed E-state index contributed by atoms with van der Waals surface area (Å²) < 4.78 is 5.62. The molecule has 2 N–H and O–H groups in total. The van der Waals surface area contributed by atoms with E-state index in [1.807, 2.05) is 26.1 Å². The molecule has 0 aliphatic heterocycles. The summed E-state index contributed by atoms with van der Waals surface area (Å²) in [6, 6.07) is 9.43. The SMILES string of the molecule is C[NH+](CCOc1ccc(Cl)cc1)CC(=O)N[C@@](C)(C#N)C1CC1. The van der Waals surface area contributed by atoms with E-state index in [1.165, 1.54) is 0 Å². The Morgan fingerprint density at radius 2 is 2.13 bits per heavy atom. The van der Waals surface area contributed by atoms with Crippen molar-refractivity contribution in [2.24, 2.45) is 5.92 Å². The average Bonchev–Trinajstić information content (AvgIpc) is 3.34. The first-order chi connectivity index (χ1) is 10.9. The predicted octanol–water partition coefficient (Wildman–Crippen LogP) is 1.04. The lowest BCUT2D eigenvalue weighted by atomic mass is 9.98. The first-order valence-corrected chi connectivity index (χ1v) is 8.22. The Hall–Kier alpha value is -1.77. The molecular weight excluding hydrogens is 314 g/mol. The number of rotatable bonds is 8. The molecule has 124 valence electrons. The summed E-state index contributed by atoms with van der Waals surface area (Å²) >= 11 is 5.82. The molecule has 0 bridgehead atoms. The van der Waals surface area contributed by atoms with Gasteiger partial charge in [0.25, 0.3) is 5.91 Å². The number of likely N-dealkylation sites (N-methyl/N-ethyl adjacent to an activating group) is 1. The van der Waals surface area contributed by atoms with Gasteiger partial charge in [-0.1, -0.05) is 11.6 Å². The summed E-state index contributed by atoms with van der Waals surface area (Å²) in [6.07, 6.45) is 2.03. The van der Waals surface area contributed by atoms with E-state index < -0.39 is 5.54 Å². The molecule has 1 aromatic rings. The summed E-state index contributed by atoms with van der Waals surface area (Å²) in [5.41, 5.74) is -0.725. The number of hydrogen-bond acceptors (Lipinski definition) is 3. The molecule has 0 radical (unpaired) electrons. The van der Waals surface area contributed by atoms with E-state index in [4.69, 9.17) is 16.3 Å². The van der Waals surface area contributed by atoms with E-state index in [2.05, 4.69) is 11.4 Å². The van der Waals surface area contributed by atoms with Gasteiger partial charge in [-0.3, -0.25) is 4.79 Å². The fourth-order valence-corrected chi connectivity index (χ4v) is 2.58. The largest absolute Gasteiger partial charge is 0.488 e. The maximum absolute atomic E-state index is 12.1. The molecule has 0 spiro atoms. The fourth-order valence-electron chi connectivity index (χ4n) is 2.45. The number of hydrogen-bond donors (Lipinski definition) is 2. The van der Waals surface area contributed by atoms with Gasteiger partial charge in [-0.25, -0.2) is 0 Å². The van der Waals surface area contributed by atoms with Gasteiger partial charge in [0.15, 0.2) is 6.54 Å². The van der Waals surface area contributed by atoms with Crippen LogP contribution < -0.4 is 15.0 Å². The second-order valence-electron chi connectivity index (χ2n) is 6.32. The monoisotopic (exact) mass is 336 g/mol. The van der Waals surface area contributed by atoms with Gasteiger partial charge in [0, 0.05) is 5.02 Å². The van der Waals surface area contributed by atoms with Crippen LogP contribution in [-0.2, 0) is 4.79 Å². The maximum Gasteiger partial charge on any atom is 0.276 e. The average molecular weight is 337 g/mol. The quantitative estimate of drug-likeness (QED) is 0.745. The second-order valence-corrected chi connectivity index (χ2v) is 6.76. The van der Waals surface area contributed by atoms with Gasteiger partial charge in [-0.2, -0.15) is 5.26 Å². The van der Waals surface area contributed by atoms with Crippen LogP contribution in [0.1, 0.15) is 19.8 Å². The summed E-state index contributed by atoms with van der Waals surface area (Å²) in [4.78, 5) is 13.1. The van der Waals surface area contributed by atoms with E-state index in [0.29, 0.717) is 30.6 Å². The zero-order valence-electron chi connectivity index (χ0n) is 13.6. The van der Waals surface area contributed by atoms with E-state index in [1.54, 1.807) is 12.1 Å². The molecular formula is C17H23ClN3O2+. The molecule has 0 saturated heterocycles. The molecule has 1 amide bonds. The van der Waals surface area contributed by atoms with Crippen molar-refractivity contribution in [2.45, 2.75) is 25.3 Å². The van der Waals surface area contributed by atoms with Crippen LogP contribution in [0.5, 0.6) is 5.75 Å². The van der Waals surface area contributed by atoms with Gasteiger partial charge >= 0.3 is 0 Å². The van der Waals surface area contributed by atoms with Crippen LogP contribution in [0, 0.1) is 17.2 Å². The van der Waals surface area contributed by atoms with Gasteiger partial charge in [-0.05, 0) is 49.9 Å². The number of quaternary nitrogens is 1. The number of halogens is 1. The van der Waals surface area contributed by atoms with Crippen molar-refractivity contribution in [3.63, 3.8) is 0 Å². The molecule has 6 heteroatoms. The van der Waals surface area contributed by atoms with Gasteiger partial charge in [-0.15, -0.1) is 0 Å². The predicted molar refractivity (Wildman–Crippen MR) is 88.5 cm³/mol. The van der Waals surface area contributed by atoms with Crippen molar-refractivity contribution >= 4 is 17.5 Å². The fraction of sp³-hybridized carbons (Fsp3) is 0.529. The van der Waals surface area contributed by atoms with Crippen LogP contribution in [0.3, 0.4) is 0 Å². The first kappa shape index (κ1) is 17.6. The zero-order chi connectivity index (χ0) is 16.9. The molecule has 5 nitrogen and oxygen atoms in total. The lowest BCUT2D eigenvalue weighted by Crippen LogP contribution is -3.11. The minimum Gasteiger partial charge on any atom is -0.488 e. The Kier molecular flexibility index (Phi) is 5.86. The minimum absolute atomic E-state index is 0.0926. The maximum atomic E-state index is 12.1. The summed E-state index contributed by atoms with van der Waals surface area (Å²) in [6.45, 7) is 3.34. The Morgan fingerprint density at radius 3 is 2.70 bits per heavy atom. The third-order valence-electron chi connectivity index (χ3n) is 4.10. The number of carbonyl (C=O) groups is 1. The number of nitrogens with one attached hydrogen (secondary N) is 2. The van der Waals surface area contributed by atoms with Crippen LogP contribution >= 0.6 is 11.6 Å². The summed E-state index contributed by atoms with van der Waals surface area (Å²) in [5, 5.41) is 12.8. The highest BCUT2D eigenvalue weighted by atomic mass is 35.5. The lowest BCUT2D eigenvalue weighted by molar-refractivity contribution is -0.871. The number of carbonyl (C=O) groups excluding carboxylic acids is 1. The number of ether oxygens (including phenoxy) is 1. The Morgan fingerprint density at radius 1 is 1.48 bits per heavy atom. The van der Waals surface area contributed by atoms with Crippen LogP contribution in [0.25, 0.3) is 0 Å². The van der Waals surface area contributed by atoms with Crippen LogP contribution in [-0.4, -0.2) is 38.2 Å². The first-order valence-electron chi connectivity index (χ1n) is 7.85. The molecule has 1 aliphatic rings. The van der Waals surface area contributed by atoms with Crippen molar-refractivity contribution in [2.75, 3.05) is 26.7 Å². The number of amides is 1. The highest BCUT2D eigenvalue weighted by Gasteiger charge is 2.43. The minimum atomic E-state index is -0.725. The lowest BCUT2D eigenvalue weighted by Gasteiger charge is -2.23. The number of nitrogens with zero attached hydrogens (tertiary/aromatic N) is 1. The van der Waals surface area contributed by atoms with Gasteiger partial charge in [0.1, 0.15) is 24.4 Å². The van der Waals surface area contributed by atoms with Crippen molar-refractivity contribution in [3.05, 3.63) is 29.3 Å². The Bertz CT molecular complexity index is 580. The van der Waals surface area contributed by atoms with E-state index >= 15 is 0 Å². The molecule has 0 heterocycles. The van der Waals surface area contributed by atoms with Crippen LogP contribution in [0.2, 0.25) is 5.02 Å². The van der Waals surface area contributed by atoms with Crippen LogP contribution in [0.15, 0.2) is 24.3 Å². The molecule has 1 saturated carbocycles. The molecule has 2 atom stereocenters. The van der Waals surface area contributed by atoms with E-state index in [9.17, 15) is 10.1 Å². The highest BCUT2D eigenvalue weighted by molar-refractivity contribution is 6.30. The number of nitriles is 1. The van der Waals surface area contributed by atoms with Crippen LogP contribution in [0.4, 0.5) is 0 Å². The van der Waals surface area contributed by atoms with Gasteiger partial charge in [0.2, 0.25) is 0 Å². The molecule has 1 aromatic carbocycles. The second kappa shape index (κ2) is 7.67. The van der Waals surface area contributed by atoms with Crippen molar-refractivity contribution in [3.8, 4) is 11.8 Å². The smallest absolute Gasteiger partial charge is 0.276 e. The van der Waals surface area contributed by atoms with Crippen molar-refractivity contribution in [1.29, 1.82) is 5.26 Å². The van der Waals surface area contributed by atoms with Gasteiger partial charge < -0.3 is 15.0 Å². The molecule has 1 fully saturated rings. The Labute approximate surface area is 142 Å². The third kappa shape index (κ3) is 5.42. The van der Waals surface area contributed by atoms with E-state index in [0.717, 1.165) is 23.5 Å². The zero-order valence-corrected chi connectivity index (χ0v) is 14.3. The molecule has 1 aliphatic carbocycles. The summed E-state index contributed by atoms with van der Waals surface area (Å²) in [5.74, 6) is 0.965. The van der Waals surface area contributed by atoms with E-state index in [-0.39, 0.29) is 5.91 Å². The standard InChI is InChI=1S/C17H22ClN3O2/c1-17(12-19,13-3-4-13)20-16(22)11-21(2)9-10-23-15-7-5-14(18)6-8-15/h5-8,13H,3-4,9-11H2,1-2H3,(H,20,22)/p+1/t17-/m0/s1. The third-order valence-corrected chi connectivity index (χ3v) is 4.35. The van der Waals surface area contributed by atoms with Crippen molar-refractivity contribution < 1.29 is 14.4 Å². The molecule has 2 rings (SSSR count). The molecule has 23 heavy (non-hydrogen) atoms. The molecule has 1 unspecified atom stereocenters. The van der Waals surface area contributed by atoms with Gasteiger partial charge in [0.05, 0.1) is 13.1 Å². The topological polar surface area (TPSA) is 66.6 Å². The number of benzene rings is 1. The normalized spacial score (nSPS) is 17.7. The van der Waals surface area contributed by atoms with Crippen molar-refractivity contribution in [1.82, 2.24) is 5.32 Å². The highest BCUT2D eigenvalue weighted by Crippen LogP contribution is 2.39. The molecule has 0 aromatic heterocycles. The summed E-state index contributed by atoms with van der Waals surface area (Å²) in [7, 11) is 1.94.